The normalized spacial score (nSPS) is 11.7. The van der Waals surface area contributed by atoms with Crippen LogP contribution in [0.5, 0.6) is 5.75 Å². The fraction of sp³-hybridized carbons (Fsp3) is 0.353. The number of benzene rings is 1. The van der Waals surface area contributed by atoms with Gasteiger partial charge in [0.1, 0.15) is 42.6 Å². The summed E-state index contributed by atoms with van der Waals surface area (Å²) < 4.78 is 16.4. The first-order chi connectivity index (χ1) is 21.8. The van der Waals surface area contributed by atoms with Gasteiger partial charge in [-0.15, -0.1) is 0 Å². The van der Waals surface area contributed by atoms with E-state index >= 15 is 0 Å². The minimum Gasteiger partial charge on any atom is -0.508 e. The molecule has 4 aromatic heterocycles. The molecule has 12 heteroatoms. The standard InChI is InChI=1S/C20H23N3O2Si.C14H18IN3OSi/c1-26(2,3)10-9-25-14-23-13-16(12-21)19-18(7-8-22-20(19)23)15-5-4-6-17(24)11-15;1-20(2,3)7-6-19-10-18-9-11(8-16)13-12(15)4-5-17-14(13)18/h4-8,11,13,24H,9-10,14H2,1-3H3;4-5,9H,6-7,10H2,1-3H3. The summed E-state index contributed by atoms with van der Waals surface area (Å²) in [5.41, 5.74) is 4.48. The second kappa shape index (κ2) is 15.4. The summed E-state index contributed by atoms with van der Waals surface area (Å²) in [7, 11) is -2.20. The van der Waals surface area contributed by atoms with Crippen LogP contribution in [0.3, 0.4) is 0 Å². The molecule has 0 spiro atoms. The highest BCUT2D eigenvalue weighted by Gasteiger charge is 2.17. The Morgan fingerprint density at radius 3 is 1.83 bits per heavy atom. The third-order valence-corrected chi connectivity index (χ3v) is 11.6. The van der Waals surface area contributed by atoms with Crippen molar-refractivity contribution in [2.24, 2.45) is 0 Å². The Balaban J connectivity index is 0.000000216. The Labute approximate surface area is 286 Å². The second-order valence-corrected chi connectivity index (χ2v) is 25.9. The molecule has 4 heterocycles. The number of fused-ring (bicyclic) bond motifs is 2. The van der Waals surface area contributed by atoms with Crippen molar-refractivity contribution in [3.8, 4) is 29.0 Å². The first-order valence-corrected chi connectivity index (χ1v) is 23.7. The number of rotatable bonds is 11. The molecule has 0 saturated heterocycles. The van der Waals surface area contributed by atoms with Crippen LogP contribution in [0.25, 0.3) is 33.2 Å². The topological polar surface area (TPSA) is 122 Å². The molecule has 0 aliphatic carbocycles. The zero-order chi connectivity index (χ0) is 33.5. The molecule has 0 unspecified atom stereocenters. The molecular formula is C34H41IN6O3Si2. The van der Waals surface area contributed by atoms with Gasteiger partial charge in [-0.25, -0.2) is 9.97 Å². The van der Waals surface area contributed by atoms with Crippen LogP contribution in [-0.2, 0) is 22.9 Å². The summed E-state index contributed by atoms with van der Waals surface area (Å²) in [6.07, 6.45) is 7.11. The molecule has 5 rings (SSSR count). The van der Waals surface area contributed by atoms with Gasteiger partial charge in [0.15, 0.2) is 0 Å². The molecular weight excluding hydrogens is 723 g/mol. The predicted octanol–water partition coefficient (Wildman–Crippen LogP) is 8.42. The molecule has 0 saturated carbocycles. The number of aromatic hydroxyl groups is 1. The van der Waals surface area contributed by atoms with E-state index in [-0.39, 0.29) is 5.75 Å². The number of hydrogen-bond acceptors (Lipinski definition) is 7. The molecule has 0 aliphatic heterocycles. The van der Waals surface area contributed by atoms with Gasteiger partial charge < -0.3 is 23.7 Å². The van der Waals surface area contributed by atoms with Crippen molar-refractivity contribution in [2.75, 3.05) is 13.2 Å². The minimum atomic E-state index is -1.14. The van der Waals surface area contributed by atoms with Crippen LogP contribution >= 0.6 is 22.6 Å². The van der Waals surface area contributed by atoms with E-state index in [0.29, 0.717) is 31.2 Å². The second-order valence-electron chi connectivity index (χ2n) is 13.5. The zero-order valence-corrected chi connectivity index (χ0v) is 31.5. The van der Waals surface area contributed by atoms with Crippen LogP contribution in [0.4, 0.5) is 0 Å². The van der Waals surface area contributed by atoms with Gasteiger partial charge in [-0.2, -0.15) is 10.5 Å². The molecule has 0 atom stereocenters. The van der Waals surface area contributed by atoms with Crippen molar-refractivity contribution >= 4 is 60.8 Å². The van der Waals surface area contributed by atoms with Gasteiger partial charge in [0.2, 0.25) is 0 Å². The number of hydrogen-bond donors (Lipinski definition) is 1. The summed E-state index contributed by atoms with van der Waals surface area (Å²) in [5, 5.41) is 30.3. The van der Waals surface area contributed by atoms with E-state index in [1.165, 1.54) is 0 Å². The van der Waals surface area contributed by atoms with Gasteiger partial charge in [0, 0.05) is 63.1 Å². The average molecular weight is 765 g/mol. The van der Waals surface area contributed by atoms with Gasteiger partial charge in [0.05, 0.1) is 16.5 Å². The van der Waals surface area contributed by atoms with Gasteiger partial charge in [-0.05, 0) is 70.1 Å². The molecule has 0 fully saturated rings. The van der Waals surface area contributed by atoms with E-state index < -0.39 is 16.1 Å². The molecule has 0 amide bonds. The van der Waals surface area contributed by atoms with E-state index in [9.17, 15) is 15.6 Å². The number of ether oxygens (including phenoxy) is 2. The number of phenols is 1. The molecule has 240 valence electrons. The molecule has 0 aliphatic rings. The van der Waals surface area contributed by atoms with Crippen molar-refractivity contribution in [3.63, 3.8) is 0 Å². The summed E-state index contributed by atoms with van der Waals surface area (Å²) in [6, 6.07) is 17.5. The Kier molecular flexibility index (Phi) is 11.8. The van der Waals surface area contributed by atoms with Crippen LogP contribution in [0.15, 0.2) is 61.2 Å². The molecule has 46 heavy (non-hydrogen) atoms. The smallest absolute Gasteiger partial charge is 0.144 e. The van der Waals surface area contributed by atoms with Crippen molar-refractivity contribution in [3.05, 3.63) is 75.9 Å². The average Bonchev–Trinajstić information content (AvgIpc) is 3.55. The summed E-state index contributed by atoms with van der Waals surface area (Å²) >= 11 is 2.24. The number of phenolic OH excluding ortho intramolecular Hbond substituents is 1. The summed E-state index contributed by atoms with van der Waals surface area (Å²) in [6.45, 7) is 16.3. The molecule has 0 bridgehead atoms. The van der Waals surface area contributed by atoms with E-state index in [1.807, 2.05) is 33.5 Å². The fourth-order valence-corrected chi connectivity index (χ4v) is 6.96. The highest BCUT2D eigenvalue weighted by atomic mass is 127. The maximum Gasteiger partial charge on any atom is 0.144 e. The highest BCUT2D eigenvalue weighted by Crippen LogP contribution is 2.32. The lowest BCUT2D eigenvalue weighted by Crippen LogP contribution is -2.22. The van der Waals surface area contributed by atoms with Gasteiger partial charge >= 0.3 is 0 Å². The Morgan fingerprint density at radius 2 is 1.30 bits per heavy atom. The molecule has 9 nitrogen and oxygen atoms in total. The van der Waals surface area contributed by atoms with Crippen LogP contribution in [0, 0.1) is 26.2 Å². The number of halogens is 1. The van der Waals surface area contributed by atoms with Crippen molar-refractivity contribution in [2.45, 2.75) is 64.8 Å². The summed E-state index contributed by atoms with van der Waals surface area (Å²) in [5.74, 6) is 0.195. The Morgan fingerprint density at radius 1 is 0.783 bits per heavy atom. The molecule has 1 N–H and O–H groups in total. The lowest BCUT2D eigenvalue weighted by Gasteiger charge is -2.15. The highest BCUT2D eigenvalue weighted by molar-refractivity contribution is 14.1. The van der Waals surface area contributed by atoms with Crippen molar-refractivity contribution < 1.29 is 14.6 Å². The van der Waals surface area contributed by atoms with Gasteiger partial charge in [-0.1, -0.05) is 51.4 Å². The van der Waals surface area contributed by atoms with Gasteiger partial charge in [0.25, 0.3) is 0 Å². The maximum atomic E-state index is 9.78. The quantitative estimate of drug-likeness (QED) is 0.0815. The Hall–Kier alpha value is -3.54. The van der Waals surface area contributed by atoms with Crippen LogP contribution < -0.4 is 0 Å². The minimum absolute atomic E-state index is 0.195. The van der Waals surface area contributed by atoms with E-state index in [4.69, 9.17) is 9.47 Å². The molecule has 5 aromatic rings. The summed E-state index contributed by atoms with van der Waals surface area (Å²) in [4.78, 5) is 8.84. The van der Waals surface area contributed by atoms with Crippen LogP contribution in [0.2, 0.25) is 51.4 Å². The lowest BCUT2D eigenvalue weighted by molar-refractivity contribution is 0.0897. The zero-order valence-electron chi connectivity index (χ0n) is 27.3. The first kappa shape index (κ1) is 35.3. The SMILES string of the molecule is C[Si](C)(C)CCOCn1cc(C#N)c2c(-c3cccc(O)c3)ccnc21.C[Si](C)(C)CCOCn1cc(C#N)c2c(I)ccnc21. The predicted molar refractivity (Wildman–Crippen MR) is 197 cm³/mol. The van der Waals surface area contributed by atoms with Crippen molar-refractivity contribution in [1.29, 1.82) is 10.5 Å². The van der Waals surface area contributed by atoms with Gasteiger partial charge in [-0.3, -0.25) is 0 Å². The number of nitrogens with zero attached hydrogens (tertiary/aromatic N) is 6. The van der Waals surface area contributed by atoms with E-state index in [1.54, 1.807) is 36.8 Å². The molecule has 0 radical (unpaired) electrons. The fourth-order valence-electron chi connectivity index (χ4n) is 4.75. The van der Waals surface area contributed by atoms with Crippen LogP contribution in [0.1, 0.15) is 11.1 Å². The maximum absolute atomic E-state index is 9.78. The molecule has 1 aromatic carbocycles. The van der Waals surface area contributed by atoms with E-state index in [2.05, 4.69) is 84.0 Å². The monoisotopic (exact) mass is 764 g/mol. The first-order valence-electron chi connectivity index (χ1n) is 15.2. The van der Waals surface area contributed by atoms with Crippen molar-refractivity contribution in [1.82, 2.24) is 19.1 Å². The Bertz CT molecular complexity index is 1890. The number of aromatic nitrogens is 4. The third-order valence-electron chi connectivity index (χ3n) is 7.32. The lowest BCUT2D eigenvalue weighted by atomic mass is 10.0. The van der Waals surface area contributed by atoms with E-state index in [0.717, 1.165) is 55.5 Å². The third kappa shape index (κ3) is 9.27. The largest absolute Gasteiger partial charge is 0.508 e. The number of nitriles is 2. The van der Waals surface area contributed by atoms with Crippen LogP contribution in [-0.4, -0.2) is 53.6 Å². The number of pyridine rings is 2.